The van der Waals surface area contributed by atoms with Gasteiger partial charge in [0.15, 0.2) is 0 Å². The van der Waals surface area contributed by atoms with E-state index in [0.717, 1.165) is 25.8 Å². The molecular weight excluding hydrogens is 240 g/mol. The van der Waals surface area contributed by atoms with E-state index in [0.29, 0.717) is 23.3 Å². The molecule has 1 aromatic heterocycles. The Kier molecular flexibility index (Phi) is 4.37. The van der Waals surface area contributed by atoms with Gasteiger partial charge < -0.3 is 10.3 Å². The Morgan fingerprint density at radius 1 is 1.53 bits per heavy atom. The maximum Gasteiger partial charge on any atom is 0.255 e. The molecule has 1 aromatic rings. The summed E-state index contributed by atoms with van der Waals surface area (Å²) < 4.78 is 0. The highest BCUT2D eigenvalue weighted by molar-refractivity contribution is 5.94. The van der Waals surface area contributed by atoms with Gasteiger partial charge in [-0.05, 0) is 37.3 Å². The monoisotopic (exact) mass is 262 g/mol. The Bertz CT molecular complexity index is 426. The van der Waals surface area contributed by atoms with E-state index in [9.17, 15) is 4.79 Å². The highest BCUT2D eigenvalue weighted by atomic mass is 16.2. The largest absolute Gasteiger partial charge is 0.336 e. The summed E-state index contributed by atoms with van der Waals surface area (Å²) in [6.45, 7) is 5.19. The second-order valence-corrected chi connectivity index (χ2v) is 5.49. The van der Waals surface area contributed by atoms with E-state index < -0.39 is 0 Å². The number of amides is 1. The highest BCUT2D eigenvalue weighted by Gasteiger charge is 2.32. The van der Waals surface area contributed by atoms with Crippen LogP contribution in [0.4, 0.5) is 5.82 Å². The second kappa shape index (κ2) is 6.02. The number of rotatable bonds is 6. The fourth-order valence-electron chi connectivity index (χ4n) is 2.01. The smallest absolute Gasteiger partial charge is 0.255 e. The summed E-state index contributed by atoms with van der Waals surface area (Å²) in [6, 6.07) is 3.93. The molecule has 0 spiro atoms. The van der Waals surface area contributed by atoms with E-state index in [1.807, 2.05) is 4.90 Å². The van der Waals surface area contributed by atoms with Crippen molar-refractivity contribution in [2.75, 3.05) is 12.0 Å². The van der Waals surface area contributed by atoms with E-state index in [1.54, 1.807) is 18.3 Å². The van der Waals surface area contributed by atoms with Crippen LogP contribution < -0.4 is 11.3 Å². The van der Waals surface area contributed by atoms with Gasteiger partial charge in [0.2, 0.25) is 0 Å². The topological polar surface area (TPSA) is 71.2 Å². The second-order valence-electron chi connectivity index (χ2n) is 5.49. The van der Waals surface area contributed by atoms with Crippen molar-refractivity contribution in [3.63, 3.8) is 0 Å². The van der Waals surface area contributed by atoms with Crippen LogP contribution in [0.15, 0.2) is 18.3 Å². The number of aromatic nitrogens is 1. The van der Waals surface area contributed by atoms with Crippen molar-refractivity contribution in [1.29, 1.82) is 0 Å². The van der Waals surface area contributed by atoms with Crippen LogP contribution in [0.2, 0.25) is 0 Å². The molecule has 1 aliphatic rings. The first kappa shape index (κ1) is 13.8. The summed E-state index contributed by atoms with van der Waals surface area (Å²) in [4.78, 5) is 18.6. The van der Waals surface area contributed by atoms with Crippen molar-refractivity contribution in [3.05, 3.63) is 23.9 Å². The summed E-state index contributed by atoms with van der Waals surface area (Å²) in [5.74, 6) is 6.52. The molecule has 104 valence electrons. The molecule has 2 rings (SSSR count). The lowest BCUT2D eigenvalue weighted by Crippen LogP contribution is -2.34. The van der Waals surface area contributed by atoms with Gasteiger partial charge in [0.1, 0.15) is 5.82 Å². The molecule has 3 N–H and O–H groups in total. The van der Waals surface area contributed by atoms with Gasteiger partial charge in [0.05, 0.1) is 5.56 Å². The van der Waals surface area contributed by atoms with Crippen LogP contribution in [0.5, 0.6) is 0 Å². The quantitative estimate of drug-likeness (QED) is 0.608. The van der Waals surface area contributed by atoms with Crippen LogP contribution in [-0.4, -0.2) is 28.4 Å². The van der Waals surface area contributed by atoms with Crippen LogP contribution in [-0.2, 0) is 0 Å². The fraction of sp³-hybridized carbons (Fsp3) is 0.571. The molecule has 1 aliphatic carbocycles. The standard InChI is InChI=1S/C14H22N4O/c1-10(2)7-8-18(12-4-5-12)14(19)11-3-6-13(17-15)16-9-11/h3,6,9-10,12H,4-5,7-8,15H2,1-2H3,(H,16,17). The molecule has 0 unspecified atom stereocenters. The maximum absolute atomic E-state index is 12.5. The SMILES string of the molecule is CC(C)CCN(C(=O)c1ccc(NN)nc1)C1CC1. The molecule has 0 saturated heterocycles. The third-order valence-corrected chi connectivity index (χ3v) is 3.35. The Balaban J connectivity index is 2.05. The molecule has 5 nitrogen and oxygen atoms in total. The third kappa shape index (κ3) is 3.67. The van der Waals surface area contributed by atoms with Crippen LogP contribution >= 0.6 is 0 Å². The predicted octanol–water partition coefficient (Wildman–Crippen LogP) is 2.02. The zero-order chi connectivity index (χ0) is 13.8. The summed E-state index contributed by atoms with van der Waals surface area (Å²) >= 11 is 0. The molecule has 19 heavy (non-hydrogen) atoms. The lowest BCUT2D eigenvalue weighted by Gasteiger charge is -2.23. The first-order valence-corrected chi connectivity index (χ1v) is 6.85. The van der Waals surface area contributed by atoms with Gasteiger partial charge >= 0.3 is 0 Å². The van der Waals surface area contributed by atoms with Crippen LogP contribution in [0.1, 0.15) is 43.5 Å². The zero-order valence-corrected chi connectivity index (χ0v) is 11.6. The molecule has 0 bridgehead atoms. The van der Waals surface area contributed by atoms with E-state index in [-0.39, 0.29) is 5.91 Å². The van der Waals surface area contributed by atoms with E-state index in [1.165, 1.54) is 0 Å². The van der Waals surface area contributed by atoms with Crippen LogP contribution in [0, 0.1) is 5.92 Å². The summed E-state index contributed by atoms with van der Waals surface area (Å²) in [6.07, 6.45) is 4.87. The number of nitrogens with zero attached hydrogens (tertiary/aromatic N) is 2. The summed E-state index contributed by atoms with van der Waals surface area (Å²) in [7, 11) is 0. The van der Waals surface area contributed by atoms with Gasteiger partial charge in [0, 0.05) is 18.8 Å². The number of hydrogen-bond donors (Lipinski definition) is 2. The average Bonchev–Trinajstić information content (AvgIpc) is 3.23. The van der Waals surface area contributed by atoms with Crippen molar-refractivity contribution < 1.29 is 4.79 Å². The maximum atomic E-state index is 12.5. The van der Waals surface area contributed by atoms with Crippen molar-refractivity contribution in [2.24, 2.45) is 11.8 Å². The number of nitrogens with one attached hydrogen (secondary N) is 1. The molecule has 0 radical (unpaired) electrons. The Hall–Kier alpha value is -1.62. The molecule has 0 aliphatic heterocycles. The number of anilines is 1. The van der Waals surface area contributed by atoms with Gasteiger partial charge in [-0.3, -0.25) is 4.79 Å². The fourth-order valence-corrected chi connectivity index (χ4v) is 2.01. The molecule has 1 fully saturated rings. The molecule has 0 aromatic carbocycles. The summed E-state index contributed by atoms with van der Waals surface area (Å²) in [5, 5.41) is 0. The molecule has 0 atom stereocenters. The van der Waals surface area contributed by atoms with Crippen molar-refractivity contribution in [3.8, 4) is 0 Å². The Morgan fingerprint density at radius 3 is 2.74 bits per heavy atom. The number of pyridine rings is 1. The number of nitrogen functional groups attached to an aromatic ring is 1. The molecule has 1 heterocycles. The van der Waals surface area contributed by atoms with E-state index in [2.05, 4.69) is 24.3 Å². The van der Waals surface area contributed by atoms with Gasteiger partial charge in [-0.15, -0.1) is 0 Å². The lowest BCUT2D eigenvalue weighted by molar-refractivity contribution is 0.0735. The molecule has 1 saturated carbocycles. The lowest BCUT2D eigenvalue weighted by atomic mass is 10.1. The minimum Gasteiger partial charge on any atom is -0.336 e. The predicted molar refractivity (Wildman–Crippen MR) is 75.6 cm³/mol. The van der Waals surface area contributed by atoms with Crippen molar-refractivity contribution in [1.82, 2.24) is 9.88 Å². The minimum atomic E-state index is 0.0826. The van der Waals surface area contributed by atoms with E-state index >= 15 is 0 Å². The number of carbonyl (C=O) groups excluding carboxylic acids is 1. The minimum absolute atomic E-state index is 0.0826. The Morgan fingerprint density at radius 2 is 2.26 bits per heavy atom. The highest BCUT2D eigenvalue weighted by Crippen LogP contribution is 2.28. The summed E-state index contributed by atoms with van der Waals surface area (Å²) in [5.41, 5.74) is 3.10. The van der Waals surface area contributed by atoms with Crippen molar-refractivity contribution in [2.45, 2.75) is 39.2 Å². The third-order valence-electron chi connectivity index (χ3n) is 3.35. The van der Waals surface area contributed by atoms with Gasteiger partial charge in [-0.1, -0.05) is 13.8 Å². The zero-order valence-electron chi connectivity index (χ0n) is 11.6. The van der Waals surface area contributed by atoms with Crippen LogP contribution in [0.25, 0.3) is 0 Å². The van der Waals surface area contributed by atoms with E-state index in [4.69, 9.17) is 5.84 Å². The average molecular weight is 262 g/mol. The number of nitrogens with two attached hydrogens (primary N) is 1. The van der Waals surface area contributed by atoms with Gasteiger partial charge in [-0.25, -0.2) is 10.8 Å². The van der Waals surface area contributed by atoms with Crippen LogP contribution in [0.3, 0.4) is 0 Å². The van der Waals surface area contributed by atoms with Crippen molar-refractivity contribution >= 4 is 11.7 Å². The van der Waals surface area contributed by atoms with Gasteiger partial charge in [0.25, 0.3) is 5.91 Å². The Labute approximate surface area is 114 Å². The molecule has 1 amide bonds. The number of hydrazine groups is 1. The molecule has 5 heteroatoms. The number of carbonyl (C=O) groups is 1. The first-order chi connectivity index (χ1) is 9.11. The first-order valence-electron chi connectivity index (χ1n) is 6.85. The number of hydrogen-bond acceptors (Lipinski definition) is 4. The molecular formula is C14H22N4O. The normalized spacial score (nSPS) is 14.5. The van der Waals surface area contributed by atoms with Gasteiger partial charge in [-0.2, -0.15) is 0 Å².